The van der Waals surface area contributed by atoms with E-state index in [0.717, 1.165) is 19.5 Å². The van der Waals surface area contributed by atoms with Gasteiger partial charge in [-0.15, -0.1) is 0 Å². The van der Waals surface area contributed by atoms with Crippen molar-refractivity contribution in [1.29, 1.82) is 0 Å². The van der Waals surface area contributed by atoms with Gasteiger partial charge in [0, 0.05) is 25.4 Å². The number of allylic oxidation sites excluding steroid dienone is 2. The lowest BCUT2D eigenvalue weighted by atomic mass is 10.1. The minimum atomic E-state index is -0.956. The standard InChI is InChI=1S/C25H48N2O3/c1-2-3-4-5-6-7-8-9-10-11-12-13-14-15-16-17-24-26(19-18-25(29)30)20-21-27(24)22-23-28/h9-10,24,28H,2-8,11-23H2,1H3,(H,29,30)/b10-9-. The van der Waals surface area contributed by atoms with Gasteiger partial charge in [-0.25, -0.2) is 4.90 Å². The maximum atomic E-state index is 10.8. The SMILES string of the molecule is CCCCCCCC/C=C\CCCCCCCC1N(CCO)CC[NH+]1CCC(=O)[O-]. The molecule has 0 aromatic rings. The van der Waals surface area contributed by atoms with E-state index in [-0.39, 0.29) is 13.0 Å². The summed E-state index contributed by atoms with van der Waals surface area (Å²) in [5.41, 5.74) is 0. The van der Waals surface area contributed by atoms with Gasteiger partial charge in [-0.1, -0.05) is 70.4 Å². The predicted molar refractivity (Wildman–Crippen MR) is 122 cm³/mol. The molecule has 2 atom stereocenters. The monoisotopic (exact) mass is 424 g/mol. The summed E-state index contributed by atoms with van der Waals surface area (Å²) < 4.78 is 0. The summed E-state index contributed by atoms with van der Waals surface area (Å²) in [5.74, 6) is -0.956. The van der Waals surface area contributed by atoms with E-state index in [1.54, 1.807) is 0 Å². The van der Waals surface area contributed by atoms with Gasteiger partial charge in [-0.2, -0.15) is 0 Å². The molecule has 30 heavy (non-hydrogen) atoms. The summed E-state index contributed by atoms with van der Waals surface area (Å²) in [4.78, 5) is 14.5. The second kappa shape index (κ2) is 18.8. The molecule has 176 valence electrons. The Morgan fingerprint density at radius 2 is 1.60 bits per heavy atom. The number of quaternary nitrogens is 1. The molecular weight excluding hydrogens is 376 g/mol. The molecule has 0 aliphatic carbocycles. The van der Waals surface area contributed by atoms with Crippen molar-refractivity contribution in [3.05, 3.63) is 12.2 Å². The Morgan fingerprint density at radius 1 is 1.00 bits per heavy atom. The first-order chi connectivity index (χ1) is 14.7. The summed E-state index contributed by atoms with van der Waals surface area (Å²) in [6, 6.07) is 0. The molecule has 0 saturated carbocycles. The highest BCUT2D eigenvalue weighted by molar-refractivity contribution is 5.64. The lowest BCUT2D eigenvalue weighted by Crippen LogP contribution is -3.14. The van der Waals surface area contributed by atoms with E-state index < -0.39 is 5.97 Å². The van der Waals surface area contributed by atoms with Crippen molar-refractivity contribution in [2.45, 2.75) is 109 Å². The molecule has 5 nitrogen and oxygen atoms in total. The van der Waals surface area contributed by atoms with Gasteiger partial charge in [0.05, 0.1) is 26.2 Å². The van der Waals surface area contributed by atoms with Gasteiger partial charge < -0.3 is 19.9 Å². The Labute approximate surface area is 185 Å². The highest BCUT2D eigenvalue weighted by Gasteiger charge is 2.34. The molecule has 0 bridgehead atoms. The van der Waals surface area contributed by atoms with Crippen LogP contribution in [-0.4, -0.2) is 54.9 Å². The van der Waals surface area contributed by atoms with E-state index in [1.165, 1.54) is 88.4 Å². The third kappa shape index (κ3) is 13.4. The highest BCUT2D eigenvalue weighted by atomic mass is 16.4. The number of hydrogen-bond donors (Lipinski definition) is 2. The van der Waals surface area contributed by atoms with Crippen molar-refractivity contribution < 1.29 is 19.9 Å². The summed E-state index contributed by atoms with van der Waals surface area (Å²) >= 11 is 0. The molecule has 0 spiro atoms. The van der Waals surface area contributed by atoms with E-state index in [0.29, 0.717) is 19.3 Å². The number of rotatable bonds is 20. The normalized spacial score (nSPS) is 19.8. The number of unbranched alkanes of at least 4 members (excludes halogenated alkanes) is 11. The summed E-state index contributed by atoms with van der Waals surface area (Å²) in [5, 5.41) is 20.1. The first-order valence-electron chi connectivity index (χ1n) is 12.7. The van der Waals surface area contributed by atoms with Crippen LogP contribution in [0.3, 0.4) is 0 Å². The molecule has 1 fully saturated rings. The fourth-order valence-corrected chi connectivity index (χ4v) is 4.61. The molecule has 1 aliphatic rings. The van der Waals surface area contributed by atoms with Gasteiger partial charge in [0.25, 0.3) is 0 Å². The second-order valence-corrected chi connectivity index (χ2v) is 8.93. The highest BCUT2D eigenvalue weighted by Crippen LogP contribution is 2.12. The molecule has 1 heterocycles. The lowest BCUT2D eigenvalue weighted by molar-refractivity contribution is -0.918. The van der Waals surface area contributed by atoms with E-state index in [2.05, 4.69) is 24.0 Å². The van der Waals surface area contributed by atoms with Crippen LogP contribution in [0, 0.1) is 0 Å². The molecule has 0 radical (unpaired) electrons. The fourth-order valence-electron chi connectivity index (χ4n) is 4.61. The molecule has 1 saturated heterocycles. The molecule has 0 aromatic heterocycles. The van der Waals surface area contributed by atoms with E-state index in [1.807, 2.05) is 0 Å². The van der Waals surface area contributed by atoms with Crippen LogP contribution in [0.2, 0.25) is 0 Å². The number of nitrogens with one attached hydrogen (secondary N) is 1. The maximum absolute atomic E-state index is 10.8. The average Bonchev–Trinajstić information content (AvgIpc) is 3.11. The zero-order valence-electron chi connectivity index (χ0n) is 19.6. The Balaban J connectivity index is 2.03. The Kier molecular flexibility index (Phi) is 17.0. The molecular formula is C25H48N2O3. The number of β-amino-alcohol motifs (C(OH)–C–C–N with tert-alkyl or cyclic N) is 1. The molecule has 1 aliphatic heterocycles. The van der Waals surface area contributed by atoms with Gasteiger partial charge in [-0.3, -0.25) is 0 Å². The average molecular weight is 425 g/mol. The Morgan fingerprint density at radius 3 is 2.20 bits per heavy atom. The number of aliphatic hydroxyl groups excluding tert-OH is 1. The smallest absolute Gasteiger partial charge is 0.144 e. The second-order valence-electron chi connectivity index (χ2n) is 8.93. The lowest BCUT2D eigenvalue weighted by Gasteiger charge is -2.27. The first-order valence-corrected chi connectivity index (χ1v) is 12.7. The van der Waals surface area contributed by atoms with Crippen molar-refractivity contribution in [2.75, 3.05) is 32.8 Å². The molecule has 5 heteroatoms. The third-order valence-corrected chi connectivity index (χ3v) is 6.41. The van der Waals surface area contributed by atoms with Crippen molar-refractivity contribution >= 4 is 5.97 Å². The third-order valence-electron chi connectivity index (χ3n) is 6.41. The number of carbonyl (C=O) groups excluding carboxylic acids is 1. The van der Waals surface area contributed by atoms with Crippen LogP contribution < -0.4 is 10.0 Å². The number of hydrogen-bond acceptors (Lipinski definition) is 4. The number of aliphatic carboxylic acids is 1. The van der Waals surface area contributed by atoms with Crippen LogP contribution in [0.25, 0.3) is 0 Å². The number of aliphatic hydroxyl groups is 1. The van der Waals surface area contributed by atoms with Gasteiger partial charge in [0.15, 0.2) is 0 Å². The van der Waals surface area contributed by atoms with Gasteiger partial charge >= 0.3 is 0 Å². The largest absolute Gasteiger partial charge is 0.550 e. The van der Waals surface area contributed by atoms with Crippen LogP contribution in [0.4, 0.5) is 0 Å². The zero-order chi connectivity index (χ0) is 21.9. The van der Waals surface area contributed by atoms with Crippen LogP contribution in [-0.2, 0) is 4.79 Å². The minimum absolute atomic E-state index is 0.130. The van der Waals surface area contributed by atoms with Crippen LogP contribution in [0.1, 0.15) is 103 Å². The molecule has 0 aromatic carbocycles. The Hall–Kier alpha value is -0.910. The number of carbonyl (C=O) groups is 1. The van der Waals surface area contributed by atoms with Crippen molar-refractivity contribution in [2.24, 2.45) is 0 Å². The van der Waals surface area contributed by atoms with Crippen LogP contribution >= 0.6 is 0 Å². The summed E-state index contributed by atoms with van der Waals surface area (Å²) in [7, 11) is 0. The predicted octanol–water partition coefficient (Wildman–Crippen LogP) is 2.68. The zero-order valence-corrected chi connectivity index (χ0v) is 19.6. The van der Waals surface area contributed by atoms with Crippen molar-refractivity contribution in [3.8, 4) is 0 Å². The van der Waals surface area contributed by atoms with Crippen LogP contribution in [0.5, 0.6) is 0 Å². The summed E-state index contributed by atoms with van der Waals surface area (Å²) in [6.07, 6.45) is 23.3. The fraction of sp³-hybridized carbons (Fsp3) is 0.880. The topological polar surface area (TPSA) is 68.0 Å². The molecule has 2 N–H and O–H groups in total. The van der Waals surface area contributed by atoms with E-state index >= 15 is 0 Å². The number of carboxylic acid groups (broad SMARTS) is 1. The van der Waals surface area contributed by atoms with Crippen molar-refractivity contribution in [3.63, 3.8) is 0 Å². The van der Waals surface area contributed by atoms with Crippen molar-refractivity contribution in [1.82, 2.24) is 4.90 Å². The first kappa shape index (κ1) is 27.1. The Bertz CT molecular complexity index is 442. The van der Waals surface area contributed by atoms with E-state index in [9.17, 15) is 15.0 Å². The number of carboxylic acids is 1. The maximum Gasteiger partial charge on any atom is 0.144 e. The van der Waals surface area contributed by atoms with Gasteiger partial charge in [0.2, 0.25) is 0 Å². The van der Waals surface area contributed by atoms with Crippen LogP contribution in [0.15, 0.2) is 12.2 Å². The molecule has 0 amide bonds. The molecule has 2 unspecified atom stereocenters. The van der Waals surface area contributed by atoms with Gasteiger partial charge in [0.1, 0.15) is 6.17 Å². The minimum Gasteiger partial charge on any atom is -0.550 e. The quantitative estimate of drug-likeness (QED) is 0.233. The summed E-state index contributed by atoms with van der Waals surface area (Å²) in [6.45, 7) is 5.71. The molecule has 1 rings (SSSR count). The number of nitrogens with zero attached hydrogens (tertiary/aromatic N) is 1. The van der Waals surface area contributed by atoms with E-state index in [4.69, 9.17) is 0 Å². The van der Waals surface area contributed by atoms with Gasteiger partial charge in [-0.05, 0) is 32.1 Å².